The van der Waals surface area contributed by atoms with Crippen LogP contribution in [0.1, 0.15) is 58.1 Å². The first-order valence-electron chi connectivity index (χ1n) is 13.6. The van der Waals surface area contributed by atoms with Gasteiger partial charge in [-0.3, -0.25) is 9.59 Å². The summed E-state index contributed by atoms with van der Waals surface area (Å²) in [7, 11) is 0. The second-order valence-corrected chi connectivity index (χ2v) is 10.3. The minimum atomic E-state index is -1.17. The maximum atomic E-state index is 13.3. The Morgan fingerprint density at radius 1 is 0.975 bits per heavy atom. The second kappa shape index (κ2) is 13.8. The Bertz CT molecular complexity index is 1320. The molecule has 0 heterocycles. The number of benzene rings is 3. The van der Waals surface area contributed by atoms with Crippen molar-refractivity contribution in [2.75, 3.05) is 18.5 Å². The molecule has 3 aromatic carbocycles. The number of nitrogens with one attached hydrogen (secondary N) is 1. The van der Waals surface area contributed by atoms with Crippen molar-refractivity contribution in [2.45, 2.75) is 59.8 Å². The van der Waals surface area contributed by atoms with Crippen LogP contribution in [-0.2, 0) is 22.4 Å². The van der Waals surface area contributed by atoms with Crippen molar-refractivity contribution in [1.82, 2.24) is 0 Å². The van der Waals surface area contributed by atoms with E-state index in [1.807, 2.05) is 26.0 Å². The molecule has 3 N–H and O–H groups in total. The molecule has 8 heteroatoms. The van der Waals surface area contributed by atoms with Gasteiger partial charge in [-0.15, -0.1) is 0 Å². The molecule has 0 saturated carbocycles. The lowest BCUT2D eigenvalue weighted by Gasteiger charge is -2.20. The van der Waals surface area contributed by atoms with E-state index in [0.717, 1.165) is 23.1 Å². The summed E-state index contributed by atoms with van der Waals surface area (Å²) in [6, 6.07) is 14.9. The lowest BCUT2D eigenvalue weighted by atomic mass is 9.89. The van der Waals surface area contributed by atoms with Crippen molar-refractivity contribution in [2.24, 2.45) is 5.41 Å². The van der Waals surface area contributed by atoms with Crippen molar-refractivity contribution in [3.63, 3.8) is 0 Å². The highest BCUT2D eigenvalue weighted by molar-refractivity contribution is 5.95. The van der Waals surface area contributed by atoms with Gasteiger partial charge in [0.2, 0.25) is 5.91 Å². The lowest BCUT2D eigenvalue weighted by molar-refractivity contribution is -0.148. The van der Waals surface area contributed by atoms with Gasteiger partial charge >= 0.3 is 5.97 Å². The summed E-state index contributed by atoms with van der Waals surface area (Å²) in [4.78, 5) is 24.0. The molecule has 0 aliphatic heterocycles. The van der Waals surface area contributed by atoms with E-state index in [0.29, 0.717) is 55.2 Å². The van der Waals surface area contributed by atoms with E-state index in [4.69, 9.17) is 9.47 Å². The number of anilines is 1. The Morgan fingerprint density at radius 2 is 1.65 bits per heavy atom. The summed E-state index contributed by atoms with van der Waals surface area (Å²) in [6.07, 6.45) is 2.66. The Morgan fingerprint density at radius 3 is 2.27 bits per heavy atom. The molecule has 40 heavy (non-hydrogen) atoms. The van der Waals surface area contributed by atoms with Gasteiger partial charge in [-0.25, -0.2) is 4.39 Å². The molecule has 3 aromatic rings. The summed E-state index contributed by atoms with van der Waals surface area (Å²) < 4.78 is 25.3. The minimum absolute atomic E-state index is 0.0601. The van der Waals surface area contributed by atoms with Crippen LogP contribution in [0.5, 0.6) is 17.2 Å². The number of phenols is 1. The number of hydrogen-bond donors (Lipinski definition) is 3. The molecule has 1 amide bonds. The first-order chi connectivity index (χ1) is 19.1. The average Bonchev–Trinajstić information content (AvgIpc) is 2.90. The van der Waals surface area contributed by atoms with E-state index >= 15 is 0 Å². The van der Waals surface area contributed by atoms with Gasteiger partial charge in [0, 0.05) is 35.7 Å². The van der Waals surface area contributed by atoms with Gasteiger partial charge in [0.15, 0.2) is 0 Å². The maximum Gasteiger partial charge on any atom is 0.309 e. The third kappa shape index (κ3) is 7.97. The first-order valence-corrected chi connectivity index (χ1v) is 13.6. The van der Waals surface area contributed by atoms with Gasteiger partial charge in [-0.2, -0.15) is 0 Å². The molecule has 0 unspecified atom stereocenters. The standard InChI is InChI=1S/C32H38FNO6/c1-5-9-24-26(34-30(36)20-32(3,4)31(37)38)10-7-11-28(24)39-16-8-17-40-29-19-27(35)25(18-21(29)6-2)22-12-14-23(33)15-13-22/h7,10-15,18-19,35H,5-6,8-9,16-17,20H2,1-4H3,(H,34,36)(H,37,38). The number of halogens is 1. The Hall–Kier alpha value is -4.07. The molecule has 0 saturated heterocycles. The van der Waals surface area contributed by atoms with E-state index in [1.54, 1.807) is 30.3 Å². The topological polar surface area (TPSA) is 105 Å². The summed E-state index contributed by atoms with van der Waals surface area (Å²) in [5, 5.41) is 22.8. The number of amides is 1. The Balaban J connectivity index is 1.61. The SMILES string of the molecule is CCCc1c(NC(=O)CC(C)(C)C(=O)O)cccc1OCCCOc1cc(O)c(-c2ccc(F)cc2)cc1CC. The summed E-state index contributed by atoms with van der Waals surface area (Å²) in [6.45, 7) is 7.82. The fourth-order valence-corrected chi connectivity index (χ4v) is 4.31. The Kier molecular flexibility index (Phi) is 10.5. The van der Waals surface area contributed by atoms with Crippen LogP contribution in [0.2, 0.25) is 0 Å². The predicted molar refractivity (Wildman–Crippen MR) is 154 cm³/mol. The zero-order valence-electron chi connectivity index (χ0n) is 23.6. The number of rotatable bonds is 14. The van der Waals surface area contributed by atoms with E-state index in [1.165, 1.54) is 26.0 Å². The monoisotopic (exact) mass is 551 g/mol. The van der Waals surface area contributed by atoms with Crippen LogP contribution in [0.25, 0.3) is 11.1 Å². The van der Waals surface area contributed by atoms with Gasteiger partial charge in [0.05, 0.1) is 18.6 Å². The highest BCUT2D eigenvalue weighted by atomic mass is 19.1. The maximum absolute atomic E-state index is 13.3. The number of carbonyl (C=O) groups is 2. The van der Waals surface area contributed by atoms with E-state index in [-0.39, 0.29) is 23.9 Å². The second-order valence-electron chi connectivity index (χ2n) is 10.3. The number of aryl methyl sites for hydroxylation is 1. The highest BCUT2D eigenvalue weighted by Gasteiger charge is 2.30. The summed E-state index contributed by atoms with van der Waals surface area (Å²) in [5.74, 6) is -0.417. The van der Waals surface area contributed by atoms with Gasteiger partial charge in [0.25, 0.3) is 0 Å². The number of carbonyl (C=O) groups excluding carboxylic acids is 1. The van der Waals surface area contributed by atoms with Crippen LogP contribution in [0, 0.1) is 11.2 Å². The normalized spacial score (nSPS) is 11.2. The van der Waals surface area contributed by atoms with Crippen LogP contribution in [0.4, 0.5) is 10.1 Å². The smallest absolute Gasteiger partial charge is 0.309 e. The highest BCUT2D eigenvalue weighted by Crippen LogP contribution is 2.36. The third-order valence-electron chi connectivity index (χ3n) is 6.61. The number of hydrogen-bond acceptors (Lipinski definition) is 5. The van der Waals surface area contributed by atoms with E-state index in [9.17, 15) is 24.2 Å². The molecule has 7 nitrogen and oxygen atoms in total. The molecule has 0 aromatic heterocycles. The zero-order chi connectivity index (χ0) is 29.3. The molecule has 0 aliphatic rings. The van der Waals surface area contributed by atoms with Crippen molar-refractivity contribution in [3.8, 4) is 28.4 Å². The number of aliphatic carboxylic acids is 1. The molecule has 3 rings (SSSR count). The molecule has 0 radical (unpaired) electrons. The number of phenolic OH excluding ortho intramolecular Hbond substituents is 1. The molecule has 0 fully saturated rings. The van der Waals surface area contributed by atoms with Crippen LogP contribution in [0.3, 0.4) is 0 Å². The van der Waals surface area contributed by atoms with Gasteiger partial charge in [0.1, 0.15) is 23.1 Å². The van der Waals surface area contributed by atoms with Gasteiger partial charge < -0.3 is 25.0 Å². The van der Waals surface area contributed by atoms with E-state index < -0.39 is 11.4 Å². The van der Waals surface area contributed by atoms with E-state index in [2.05, 4.69) is 5.32 Å². The predicted octanol–water partition coefficient (Wildman–Crippen LogP) is 7.00. The largest absolute Gasteiger partial charge is 0.507 e. The fourth-order valence-electron chi connectivity index (χ4n) is 4.31. The van der Waals surface area contributed by atoms with Gasteiger partial charge in [-0.05, 0) is 68.1 Å². The quantitative estimate of drug-likeness (QED) is 0.186. The Labute approximate surface area is 235 Å². The van der Waals surface area contributed by atoms with Crippen molar-refractivity contribution in [1.29, 1.82) is 0 Å². The molecule has 0 spiro atoms. The number of carboxylic acids is 1. The fraction of sp³-hybridized carbons (Fsp3) is 0.375. The molecule has 0 atom stereocenters. The van der Waals surface area contributed by atoms with Crippen molar-refractivity contribution in [3.05, 3.63) is 71.5 Å². The minimum Gasteiger partial charge on any atom is -0.507 e. The number of ether oxygens (including phenoxy) is 2. The molecule has 0 aliphatic carbocycles. The average molecular weight is 552 g/mol. The lowest BCUT2D eigenvalue weighted by Crippen LogP contribution is -2.29. The summed E-state index contributed by atoms with van der Waals surface area (Å²) in [5.41, 5.74) is 2.58. The zero-order valence-corrected chi connectivity index (χ0v) is 23.6. The third-order valence-corrected chi connectivity index (χ3v) is 6.61. The summed E-state index contributed by atoms with van der Waals surface area (Å²) >= 11 is 0. The first kappa shape index (κ1) is 30.5. The van der Waals surface area contributed by atoms with Gasteiger partial charge in [-0.1, -0.05) is 38.5 Å². The molecule has 214 valence electrons. The van der Waals surface area contributed by atoms with Crippen LogP contribution >= 0.6 is 0 Å². The van der Waals surface area contributed by atoms with Crippen molar-refractivity contribution < 1.29 is 33.7 Å². The van der Waals surface area contributed by atoms with Crippen molar-refractivity contribution >= 4 is 17.6 Å². The number of aromatic hydroxyl groups is 1. The molecule has 0 bridgehead atoms. The molecular weight excluding hydrogens is 513 g/mol. The number of carboxylic acid groups (broad SMARTS) is 1. The van der Waals surface area contributed by atoms with Crippen LogP contribution in [-0.4, -0.2) is 35.3 Å². The van der Waals surface area contributed by atoms with Crippen LogP contribution in [0.15, 0.2) is 54.6 Å². The van der Waals surface area contributed by atoms with Crippen LogP contribution < -0.4 is 14.8 Å². The molecular formula is C32H38FNO6.